The van der Waals surface area contributed by atoms with E-state index in [0.717, 1.165) is 6.07 Å². The Morgan fingerprint density at radius 3 is 2.31 bits per heavy atom. The molecule has 1 saturated heterocycles. The molecule has 1 fully saturated rings. The number of aromatic amines is 1. The zero-order valence-corrected chi connectivity index (χ0v) is 22.9. The normalized spacial score (nSPS) is 15.7. The molecule has 0 spiro atoms. The Balaban J connectivity index is 1.50. The number of benzene rings is 2. The number of hydrogen-bond donors (Lipinski definition) is 3. The minimum absolute atomic E-state index is 0.00124. The van der Waals surface area contributed by atoms with Gasteiger partial charge in [-0.2, -0.15) is 18.2 Å². The molecule has 0 radical (unpaired) electrons. The summed E-state index contributed by atoms with van der Waals surface area (Å²) in [6, 6.07) is 8.14. The topological polar surface area (TPSA) is 129 Å². The first-order valence-corrected chi connectivity index (χ1v) is 13.3. The molecule has 210 valence electrons. The van der Waals surface area contributed by atoms with Gasteiger partial charge >= 0.3 is 12.3 Å². The average Bonchev–Trinajstić information content (AvgIpc) is 3.26. The maximum Gasteiger partial charge on any atom is 0.417 e. The predicted octanol–water partition coefficient (Wildman–Crippen LogP) is 5.05. The number of aromatic nitrogens is 3. The minimum Gasteiger partial charge on any atom is -0.444 e. The van der Waals surface area contributed by atoms with E-state index in [-0.39, 0.29) is 33.7 Å². The number of nitrogens with two attached hydrogens (primary N) is 1. The maximum absolute atomic E-state index is 14.0. The van der Waals surface area contributed by atoms with Gasteiger partial charge in [0.1, 0.15) is 16.6 Å². The number of halogens is 4. The summed E-state index contributed by atoms with van der Waals surface area (Å²) < 4.78 is 62.3. The Morgan fingerprint density at radius 1 is 1.13 bits per heavy atom. The first-order valence-electron chi connectivity index (χ1n) is 11.8. The van der Waals surface area contributed by atoms with Gasteiger partial charge in [-0.3, -0.25) is 0 Å². The quantitative estimate of drug-likeness (QED) is 0.382. The summed E-state index contributed by atoms with van der Waals surface area (Å²) in [4.78, 5) is 18.1. The minimum atomic E-state index is -4.72. The Hall–Kier alpha value is -3.36. The van der Waals surface area contributed by atoms with Crippen LogP contribution >= 0.6 is 11.6 Å². The number of alkyl halides is 3. The van der Waals surface area contributed by atoms with Crippen molar-refractivity contribution in [2.24, 2.45) is 0 Å². The molecule has 4 N–H and O–H groups in total. The Bertz CT molecular complexity index is 1370. The van der Waals surface area contributed by atoms with Crippen LogP contribution in [0.3, 0.4) is 0 Å². The van der Waals surface area contributed by atoms with Crippen LogP contribution < -0.4 is 11.1 Å². The molecule has 1 aromatic heterocycles. The molecule has 0 aliphatic carbocycles. The van der Waals surface area contributed by atoms with Crippen LogP contribution in [-0.2, 0) is 21.9 Å². The summed E-state index contributed by atoms with van der Waals surface area (Å²) in [6.07, 6.45) is -5.15. The smallest absolute Gasteiger partial charge is 0.417 e. The zero-order valence-electron chi connectivity index (χ0n) is 21.3. The van der Waals surface area contributed by atoms with Gasteiger partial charge in [0, 0.05) is 37.4 Å². The number of H-pyrrole nitrogens is 1. The highest BCUT2D eigenvalue weighted by atomic mass is 35.5. The van der Waals surface area contributed by atoms with Crippen LogP contribution in [-0.4, -0.2) is 66.5 Å². The summed E-state index contributed by atoms with van der Waals surface area (Å²) in [5.74, 6) is -0.0122. The van der Waals surface area contributed by atoms with Crippen molar-refractivity contribution in [1.29, 1.82) is 0 Å². The highest BCUT2D eigenvalue weighted by Gasteiger charge is 2.36. The van der Waals surface area contributed by atoms with Crippen molar-refractivity contribution in [3.8, 4) is 11.1 Å². The van der Waals surface area contributed by atoms with Gasteiger partial charge in [-0.15, -0.1) is 5.10 Å². The fourth-order valence-electron chi connectivity index (χ4n) is 3.91. The van der Waals surface area contributed by atoms with E-state index in [4.69, 9.17) is 22.1 Å². The molecule has 1 aliphatic rings. The molecule has 15 heteroatoms. The van der Waals surface area contributed by atoms with E-state index < -0.39 is 34.4 Å². The molecule has 0 bridgehead atoms. The molecule has 0 saturated carbocycles. The summed E-state index contributed by atoms with van der Waals surface area (Å²) >= 11 is 6.33. The number of nitrogens with one attached hydrogen (secondary N) is 2. The number of anilines is 3. The number of carbonyl (C=O) groups excluding carboxylic acids is 1. The molecular formula is C24H27ClF3N7O3S. The molecule has 2 aromatic carbocycles. The molecule has 2 heterocycles. The van der Waals surface area contributed by atoms with Crippen LogP contribution in [0.1, 0.15) is 26.3 Å². The average molecular weight is 586 g/mol. The van der Waals surface area contributed by atoms with Crippen molar-refractivity contribution < 1.29 is 26.9 Å². The molecule has 10 nitrogen and oxygen atoms in total. The fourth-order valence-corrected chi connectivity index (χ4v) is 5.40. The van der Waals surface area contributed by atoms with Crippen molar-refractivity contribution in [2.75, 3.05) is 37.2 Å². The van der Waals surface area contributed by atoms with Gasteiger partial charge in [0.15, 0.2) is 0 Å². The first-order chi connectivity index (χ1) is 18.2. The third kappa shape index (κ3) is 6.99. The SMILES string of the molecule is CC(C)(C)OC(=O)N1CCN(S(=O)c2ccc(-c3c(Cl)cc(Nc4n[nH]c(N)n4)cc3C(F)(F)F)cc2)CC1. The largest absolute Gasteiger partial charge is 0.444 e. The number of nitrogens with zero attached hydrogens (tertiary/aromatic N) is 4. The summed E-state index contributed by atoms with van der Waals surface area (Å²) in [5.41, 5.74) is 3.90. The number of rotatable bonds is 5. The van der Waals surface area contributed by atoms with Gasteiger partial charge in [-0.25, -0.2) is 18.4 Å². The van der Waals surface area contributed by atoms with Gasteiger partial charge in [-0.05, 0) is 50.6 Å². The van der Waals surface area contributed by atoms with Crippen LogP contribution in [0.5, 0.6) is 0 Å². The van der Waals surface area contributed by atoms with Gasteiger partial charge in [0.05, 0.1) is 15.5 Å². The van der Waals surface area contributed by atoms with E-state index in [2.05, 4.69) is 20.5 Å². The lowest BCUT2D eigenvalue weighted by Gasteiger charge is -2.34. The molecular weight excluding hydrogens is 559 g/mol. The van der Waals surface area contributed by atoms with Crippen LogP contribution in [0, 0.1) is 0 Å². The number of nitrogen functional groups attached to an aromatic ring is 1. The van der Waals surface area contributed by atoms with Crippen LogP contribution in [0.25, 0.3) is 11.1 Å². The Morgan fingerprint density at radius 2 is 1.77 bits per heavy atom. The van der Waals surface area contributed by atoms with Crippen LogP contribution in [0.15, 0.2) is 41.3 Å². The monoisotopic (exact) mass is 585 g/mol. The van der Waals surface area contributed by atoms with Crippen molar-refractivity contribution in [3.63, 3.8) is 0 Å². The zero-order chi connectivity index (χ0) is 28.5. The molecule has 39 heavy (non-hydrogen) atoms. The van der Waals surface area contributed by atoms with E-state index in [0.29, 0.717) is 31.1 Å². The number of hydrogen-bond acceptors (Lipinski definition) is 7. The van der Waals surface area contributed by atoms with E-state index in [9.17, 15) is 22.2 Å². The van der Waals surface area contributed by atoms with Gasteiger partial charge in [0.25, 0.3) is 0 Å². The van der Waals surface area contributed by atoms with Gasteiger partial charge < -0.3 is 20.7 Å². The first kappa shape index (κ1) is 28.6. The Kier molecular flexibility index (Phi) is 8.09. The lowest BCUT2D eigenvalue weighted by Crippen LogP contribution is -2.50. The molecule has 1 aliphatic heterocycles. The van der Waals surface area contributed by atoms with Crippen molar-refractivity contribution in [3.05, 3.63) is 47.0 Å². The number of carbonyl (C=O) groups is 1. The lowest BCUT2D eigenvalue weighted by molar-refractivity contribution is -0.137. The number of ether oxygens (including phenoxy) is 1. The van der Waals surface area contributed by atoms with E-state index >= 15 is 0 Å². The molecule has 3 aromatic rings. The number of amides is 1. The van der Waals surface area contributed by atoms with Crippen LogP contribution in [0.2, 0.25) is 5.02 Å². The summed E-state index contributed by atoms with van der Waals surface area (Å²) in [7, 11) is -1.57. The third-order valence-corrected chi connectivity index (χ3v) is 7.43. The fraction of sp³-hybridized carbons (Fsp3) is 0.375. The van der Waals surface area contributed by atoms with Crippen molar-refractivity contribution in [2.45, 2.75) is 37.4 Å². The van der Waals surface area contributed by atoms with Crippen LogP contribution in [0.4, 0.5) is 35.5 Å². The maximum atomic E-state index is 14.0. The molecule has 1 amide bonds. The standard InChI is InChI=1S/C24H27ClF3N7O3S/c1-23(2,3)38-22(36)34-8-10-35(11-9-34)39(37)16-6-4-14(5-7-16)19-17(24(26,27)28)12-15(13-18(19)25)30-21-31-20(29)32-33-21/h4-7,12-13H,8-11H2,1-3H3,(H4,29,30,31,32,33). The predicted molar refractivity (Wildman–Crippen MR) is 142 cm³/mol. The van der Waals surface area contributed by atoms with Gasteiger partial charge in [-0.1, -0.05) is 23.7 Å². The van der Waals surface area contributed by atoms with E-state index in [1.165, 1.54) is 30.3 Å². The molecule has 1 atom stereocenters. The lowest BCUT2D eigenvalue weighted by atomic mass is 9.98. The highest BCUT2D eigenvalue weighted by molar-refractivity contribution is 7.82. The van der Waals surface area contributed by atoms with Gasteiger partial charge in [0.2, 0.25) is 11.9 Å². The second-order valence-electron chi connectivity index (χ2n) is 9.72. The number of piperazine rings is 1. The third-order valence-electron chi connectivity index (χ3n) is 5.62. The highest BCUT2D eigenvalue weighted by Crippen LogP contribution is 2.43. The second kappa shape index (κ2) is 11.0. The van der Waals surface area contributed by atoms with Crippen molar-refractivity contribution in [1.82, 2.24) is 24.4 Å². The van der Waals surface area contributed by atoms with E-state index in [1.54, 1.807) is 30.0 Å². The summed E-state index contributed by atoms with van der Waals surface area (Å²) in [5, 5.41) is 8.63. The van der Waals surface area contributed by atoms with Crippen molar-refractivity contribution >= 4 is 46.3 Å². The molecule has 4 rings (SSSR count). The second-order valence-corrected chi connectivity index (χ2v) is 11.6. The molecule has 1 unspecified atom stereocenters. The van der Waals surface area contributed by atoms with E-state index in [1.807, 2.05) is 0 Å². The Labute approximate surface area is 230 Å². The summed E-state index contributed by atoms with van der Waals surface area (Å²) in [6.45, 7) is 6.72.